The molecule has 1 aromatic heterocycles. The van der Waals surface area contributed by atoms with Gasteiger partial charge in [-0.1, -0.05) is 32.4 Å². The van der Waals surface area contributed by atoms with Gasteiger partial charge in [-0.05, 0) is 82.8 Å². The van der Waals surface area contributed by atoms with E-state index in [2.05, 4.69) is 0 Å². The molecule has 12 heteroatoms. The Morgan fingerprint density at radius 1 is 1.02 bits per heavy atom. The van der Waals surface area contributed by atoms with Crippen LogP contribution in [-0.4, -0.2) is 101 Å². The van der Waals surface area contributed by atoms with Gasteiger partial charge in [0.05, 0.1) is 17.9 Å². The molecule has 0 aliphatic carbocycles. The van der Waals surface area contributed by atoms with E-state index >= 15 is 0 Å². The average Bonchev–Trinajstić information content (AvgIpc) is 3.24. The van der Waals surface area contributed by atoms with Gasteiger partial charge < -0.3 is 14.5 Å². The maximum absolute atomic E-state index is 14.2. The van der Waals surface area contributed by atoms with Gasteiger partial charge in [-0.25, -0.2) is 9.18 Å². The third-order valence-electron chi connectivity index (χ3n) is 9.39. The molecular formula is C35H47F4N5O3. The molecule has 47 heavy (non-hydrogen) atoms. The van der Waals surface area contributed by atoms with E-state index in [-0.39, 0.29) is 43.8 Å². The van der Waals surface area contributed by atoms with Crippen LogP contribution >= 0.6 is 0 Å². The molecule has 3 aliphatic heterocycles. The fourth-order valence-corrected chi connectivity index (χ4v) is 7.10. The number of aromatic nitrogens is 1. The minimum absolute atomic E-state index is 0.0145. The number of alkyl halides is 3. The van der Waals surface area contributed by atoms with Crippen molar-refractivity contribution < 1.29 is 31.9 Å². The highest BCUT2D eigenvalue weighted by molar-refractivity contribution is 5.97. The van der Waals surface area contributed by atoms with Crippen LogP contribution in [0.5, 0.6) is 0 Å². The number of piperidine rings is 1. The molecule has 0 N–H and O–H groups in total. The van der Waals surface area contributed by atoms with Gasteiger partial charge in [0, 0.05) is 49.9 Å². The molecule has 0 bridgehead atoms. The highest BCUT2D eigenvalue weighted by Crippen LogP contribution is 2.40. The number of nitrogens with zero attached hydrogens (tertiary/aromatic N) is 5. The molecule has 2 saturated heterocycles. The second-order valence-corrected chi connectivity index (χ2v) is 15.0. The van der Waals surface area contributed by atoms with Crippen molar-refractivity contribution in [2.45, 2.75) is 103 Å². The van der Waals surface area contributed by atoms with Gasteiger partial charge >= 0.3 is 12.3 Å². The molecule has 8 nitrogen and oxygen atoms in total. The van der Waals surface area contributed by atoms with Crippen LogP contribution in [-0.2, 0) is 21.4 Å². The first-order chi connectivity index (χ1) is 21.9. The number of piperazine rings is 1. The summed E-state index contributed by atoms with van der Waals surface area (Å²) < 4.78 is 61.4. The van der Waals surface area contributed by atoms with Gasteiger partial charge in [-0.2, -0.15) is 13.2 Å². The van der Waals surface area contributed by atoms with E-state index in [4.69, 9.17) is 9.72 Å². The van der Waals surface area contributed by atoms with Gasteiger partial charge in [-0.15, -0.1) is 0 Å². The van der Waals surface area contributed by atoms with Crippen LogP contribution in [0, 0.1) is 5.82 Å². The summed E-state index contributed by atoms with van der Waals surface area (Å²) in [6.45, 7) is 12.5. The van der Waals surface area contributed by atoms with E-state index in [1.165, 1.54) is 17.0 Å². The number of hydrogen-bond donors (Lipinski definition) is 0. The monoisotopic (exact) mass is 661 g/mol. The number of pyridine rings is 1. The van der Waals surface area contributed by atoms with Crippen molar-refractivity contribution in [3.05, 3.63) is 59.2 Å². The van der Waals surface area contributed by atoms with Crippen LogP contribution in [0.4, 0.5) is 28.0 Å². The number of benzene rings is 1. The SMILES string of the molecule is C[C@@H]1CN(CC(=O)N2CC(C)(C)c3ncc(Cc4ccc(F)cc4)cc32)[C@@H](CN2CCCCC2C(F)(F)F)CN1C(=O)OC(C)(C)C. The highest BCUT2D eigenvalue weighted by Gasteiger charge is 2.47. The van der Waals surface area contributed by atoms with E-state index < -0.39 is 35.4 Å². The van der Waals surface area contributed by atoms with Crippen LogP contribution in [0.1, 0.15) is 77.6 Å². The molecule has 0 saturated carbocycles. The number of amides is 2. The van der Waals surface area contributed by atoms with Gasteiger partial charge in [0.2, 0.25) is 5.91 Å². The molecule has 2 aromatic rings. The summed E-state index contributed by atoms with van der Waals surface area (Å²) in [5.41, 5.74) is 2.17. The molecule has 5 rings (SSSR count). The lowest BCUT2D eigenvalue weighted by Gasteiger charge is -2.48. The van der Waals surface area contributed by atoms with Gasteiger partial charge in [0.25, 0.3) is 0 Å². The number of carbonyl (C=O) groups is 2. The molecular weight excluding hydrogens is 614 g/mol. The van der Waals surface area contributed by atoms with Crippen molar-refractivity contribution in [3.8, 4) is 0 Å². The number of carbonyl (C=O) groups excluding carboxylic acids is 2. The second kappa shape index (κ2) is 13.3. The molecule has 1 unspecified atom stereocenters. The molecule has 4 heterocycles. The molecule has 2 fully saturated rings. The zero-order chi connectivity index (χ0) is 34.3. The molecule has 2 amide bonds. The van der Waals surface area contributed by atoms with E-state index in [0.717, 1.165) is 16.8 Å². The lowest BCUT2D eigenvalue weighted by molar-refractivity contribution is -0.194. The van der Waals surface area contributed by atoms with Crippen LogP contribution in [0.3, 0.4) is 0 Å². The molecule has 0 spiro atoms. The van der Waals surface area contributed by atoms with Crippen molar-refractivity contribution in [1.29, 1.82) is 0 Å². The Bertz CT molecular complexity index is 1440. The van der Waals surface area contributed by atoms with Gasteiger partial charge in [0.1, 0.15) is 17.5 Å². The third kappa shape index (κ3) is 8.25. The number of ether oxygens (including phenoxy) is 1. The van der Waals surface area contributed by atoms with Crippen molar-refractivity contribution in [2.24, 2.45) is 0 Å². The van der Waals surface area contributed by atoms with Crippen molar-refractivity contribution in [1.82, 2.24) is 19.7 Å². The predicted octanol–water partition coefficient (Wildman–Crippen LogP) is 6.16. The zero-order valence-electron chi connectivity index (χ0n) is 28.2. The minimum Gasteiger partial charge on any atom is -0.444 e. The van der Waals surface area contributed by atoms with Crippen molar-refractivity contribution in [3.63, 3.8) is 0 Å². The number of fused-ring (bicyclic) bond motifs is 1. The normalized spacial score (nSPS) is 23.9. The standard InChI is InChI=1S/C35H47F4N5O3/c1-23-18-42(27(20-43(23)32(46)47-33(2,3)4)19-41-14-8-7-9-29(41)35(37,38)39)21-30(45)44-22-34(5,6)31-28(44)16-25(17-40-31)15-24-10-12-26(36)13-11-24/h10-13,16-17,23,27,29H,7-9,14-15,18-22H2,1-6H3/t23-,27+,29?/m1/s1. The Balaban J connectivity index is 1.39. The Kier molecular flexibility index (Phi) is 9.95. The topological polar surface area (TPSA) is 69.2 Å². The quantitative estimate of drug-likeness (QED) is 0.346. The lowest BCUT2D eigenvalue weighted by Crippen LogP contribution is -2.64. The number of halogens is 4. The number of rotatable bonds is 6. The molecule has 3 aliphatic rings. The van der Waals surface area contributed by atoms with Crippen LogP contribution in [0.2, 0.25) is 0 Å². The molecule has 1 aromatic carbocycles. The summed E-state index contributed by atoms with van der Waals surface area (Å²) in [5.74, 6) is -0.486. The summed E-state index contributed by atoms with van der Waals surface area (Å²) in [6, 6.07) is 5.84. The fourth-order valence-electron chi connectivity index (χ4n) is 7.10. The van der Waals surface area contributed by atoms with E-state index in [9.17, 15) is 27.2 Å². The smallest absolute Gasteiger partial charge is 0.410 e. The number of likely N-dealkylation sites (tertiary alicyclic amines) is 1. The highest BCUT2D eigenvalue weighted by atomic mass is 19.4. The first-order valence-electron chi connectivity index (χ1n) is 16.5. The largest absolute Gasteiger partial charge is 0.444 e. The number of hydrogen-bond acceptors (Lipinski definition) is 6. The molecule has 0 radical (unpaired) electrons. The third-order valence-corrected chi connectivity index (χ3v) is 9.39. The number of anilines is 1. The van der Waals surface area contributed by atoms with Crippen LogP contribution in [0.25, 0.3) is 0 Å². The summed E-state index contributed by atoms with van der Waals surface area (Å²) in [5, 5.41) is 0. The minimum atomic E-state index is -4.36. The predicted molar refractivity (Wildman–Crippen MR) is 172 cm³/mol. The van der Waals surface area contributed by atoms with E-state index in [0.29, 0.717) is 44.6 Å². The van der Waals surface area contributed by atoms with Crippen LogP contribution < -0.4 is 4.90 Å². The lowest BCUT2D eigenvalue weighted by atomic mass is 9.91. The summed E-state index contributed by atoms with van der Waals surface area (Å²) in [6.07, 6.45) is -1.35. The Morgan fingerprint density at radius 2 is 1.72 bits per heavy atom. The summed E-state index contributed by atoms with van der Waals surface area (Å²) in [4.78, 5) is 38.9. The maximum atomic E-state index is 14.2. The average molecular weight is 662 g/mol. The van der Waals surface area contributed by atoms with E-state index in [1.807, 2.05) is 31.7 Å². The van der Waals surface area contributed by atoms with E-state index in [1.54, 1.807) is 48.9 Å². The first kappa shape index (κ1) is 35.1. The summed E-state index contributed by atoms with van der Waals surface area (Å²) in [7, 11) is 0. The van der Waals surface area contributed by atoms with Gasteiger partial charge in [0.15, 0.2) is 0 Å². The fraction of sp³-hybridized carbons (Fsp3) is 0.629. The van der Waals surface area contributed by atoms with Gasteiger partial charge in [-0.3, -0.25) is 19.6 Å². The van der Waals surface area contributed by atoms with Crippen LogP contribution in [0.15, 0.2) is 36.5 Å². The summed E-state index contributed by atoms with van der Waals surface area (Å²) >= 11 is 0. The molecule has 3 atom stereocenters. The Hall–Kier alpha value is -3.25. The Morgan fingerprint density at radius 3 is 2.38 bits per heavy atom. The first-order valence-corrected chi connectivity index (χ1v) is 16.5. The maximum Gasteiger partial charge on any atom is 0.410 e. The second-order valence-electron chi connectivity index (χ2n) is 15.0. The Labute approximate surface area is 275 Å². The van der Waals surface area contributed by atoms with Crippen molar-refractivity contribution >= 4 is 17.7 Å². The van der Waals surface area contributed by atoms with Crippen molar-refractivity contribution in [2.75, 3.05) is 44.2 Å². The zero-order valence-corrected chi connectivity index (χ0v) is 28.2. The molecule has 258 valence electrons.